The molecule has 1 nitrogen and oxygen atoms in total. The molecule has 2 N–H and O–H groups in total. The third kappa shape index (κ3) is 2.06. The fourth-order valence-corrected chi connectivity index (χ4v) is 3.01. The van der Waals surface area contributed by atoms with Gasteiger partial charge in [-0.05, 0) is 29.7 Å². The maximum Gasteiger partial charge on any atom is 0.0297 e. The summed E-state index contributed by atoms with van der Waals surface area (Å²) in [5.41, 5.74) is 8.25. The van der Waals surface area contributed by atoms with Crippen LogP contribution in [0, 0.1) is 0 Å². The molecule has 1 heterocycles. The van der Waals surface area contributed by atoms with Crippen LogP contribution in [0.5, 0.6) is 0 Å². The van der Waals surface area contributed by atoms with E-state index in [-0.39, 0.29) is 0 Å². The van der Waals surface area contributed by atoms with Crippen LogP contribution < -0.4 is 5.73 Å². The molecule has 1 saturated heterocycles. The highest BCUT2D eigenvalue weighted by Gasteiger charge is 2.16. The minimum Gasteiger partial charge on any atom is -0.326 e. The second kappa shape index (κ2) is 4.16. The van der Waals surface area contributed by atoms with Crippen molar-refractivity contribution in [2.24, 2.45) is 5.73 Å². The second-order valence-corrected chi connectivity index (χ2v) is 4.76. The van der Waals surface area contributed by atoms with Gasteiger partial charge in [0.2, 0.25) is 0 Å². The predicted molar refractivity (Wildman–Crippen MR) is 58.8 cm³/mol. The van der Waals surface area contributed by atoms with Crippen molar-refractivity contribution in [2.45, 2.75) is 24.6 Å². The summed E-state index contributed by atoms with van der Waals surface area (Å²) in [5.74, 6) is 1.32. The largest absolute Gasteiger partial charge is 0.326 e. The summed E-state index contributed by atoms with van der Waals surface area (Å²) in [6.07, 6.45) is 2.71. The molecule has 1 fully saturated rings. The molecule has 70 valence electrons. The molecule has 1 aromatic rings. The summed E-state index contributed by atoms with van der Waals surface area (Å²) in [6, 6.07) is 8.75. The Bertz CT molecular complexity index is 262. The maximum atomic E-state index is 5.55. The second-order valence-electron chi connectivity index (χ2n) is 3.45. The van der Waals surface area contributed by atoms with Gasteiger partial charge in [-0.2, -0.15) is 11.8 Å². The van der Waals surface area contributed by atoms with Crippen molar-refractivity contribution in [3.63, 3.8) is 0 Å². The van der Waals surface area contributed by atoms with E-state index in [9.17, 15) is 0 Å². The zero-order valence-electron chi connectivity index (χ0n) is 7.70. The molecule has 1 aromatic carbocycles. The van der Waals surface area contributed by atoms with E-state index in [1.54, 1.807) is 0 Å². The number of hydrogen-bond donors (Lipinski definition) is 1. The molecule has 0 amide bonds. The average Bonchev–Trinajstić information content (AvgIpc) is 2.71. The van der Waals surface area contributed by atoms with Crippen LogP contribution in [0.25, 0.3) is 0 Å². The Morgan fingerprint density at radius 3 is 2.62 bits per heavy atom. The molecule has 0 spiro atoms. The lowest BCUT2D eigenvalue weighted by Crippen LogP contribution is -1.96. The third-order valence-corrected chi connectivity index (χ3v) is 3.95. The topological polar surface area (TPSA) is 26.0 Å². The molecule has 1 aliphatic heterocycles. The highest BCUT2D eigenvalue weighted by Crippen LogP contribution is 2.39. The lowest BCUT2D eigenvalue weighted by molar-refractivity contribution is 0.828. The standard InChI is InChI=1S/C11H15NS/c12-8-9-3-5-10(6-4-9)11-2-1-7-13-11/h3-6,11H,1-2,7-8,12H2. The lowest BCUT2D eigenvalue weighted by atomic mass is 10.1. The van der Waals surface area contributed by atoms with Crippen molar-refractivity contribution in [1.29, 1.82) is 0 Å². The molecule has 0 aromatic heterocycles. The summed E-state index contributed by atoms with van der Waals surface area (Å²) in [5, 5.41) is 0.742. The first-order chi connectivity index (χ1) is 6.40. The lowest BCUT2D eigenvalue weighted by Gasteiger charge is -2.08. The SMILES string of the molecule is NCc1ccc(C2CCCS2)cc1. The van der Waals surface area contributed by atoms with E-state index >= 15 is 0 Å². The molecule has 1 unspecified atom stereocenters. The summed E-state index contributed by atoms with van der Waals surface area (Å²) in [6.45, 7) is 0.651. The van der Waals surface area contributed by atoms with Gasteiger partial charge in [-0.25, -0.2) is 0 Å². The smallest absolute Gasteiger partial charge is 0.0297 e. The molecular weight excluding hydrogens is 178 g/mol. The van der Waals surface area contributed by atoms with E-state index in [0.29, 0.717) is 6.54 Å². The van der Waals surface area contributed by atoms with Crippen LogP contribution in [0.4, 0.5) is 0 Å². The summed E-state index contributed by atoms with van der Waals surface area (Å²) < 4.78 is 0. The van der Waals surface area contributed by atoms with Crippen molar-refractivity contribution >= 4 is 11.8 Å². The van der Waals surface area contributed by atoms with Gasteiger partial charge in [0.1, 0.15) is 0 Å². The van der Waals surface area contributed by atoms with Gasteiger partial charge in [-0.3, -0.25) is 0 Å². The summed E-state index contributed by atoms with van der Waals surface area (Å²) in [4.78, 5) is 0. The molecular formula is C11H15NS. The maximum absolute atomic E-state index is 5.55. The highest BCUT2D eigenvalue weighted by molar-refractivity contribution is 7.99. The molecule has 2 rings (SSSR count). The van der Waals surface area contributed by atoms with Gasteiger partial charge in [-0.1, -0.05) is 24.3 Å². The van der Waals surface area contributed by atoms with Crippen LogP contribution in [0.2, 0.25) is 0 Å². The molecule has 0 saturated carbocycles. The highest BCUT2D eigenvalue weighted by atomic mass is 32.2. The van der Waals surface area contributed by atoms with Gasteiger partial charge in [0, 0.05) is 11.8 Å². The number of hydrogen-bond acceptors (Lipinski definition) is 2. The fraction of sp³-hybridized carbons (Fsp3) is 0.455. The van der Waals surface area contributed by atoms with Crippen LogP contribution in [0.3, 0.4) is 0 Å². The normalized spacial score (nSPS) is 22.1. The summed E-state index contributed by atoms with van der Waals surface area (Å²) >= 11 is 2.08. The Balaban J connectivity index is 2.12. The van der Waals surface area contributed by atoms with E-state index in [2.05, 4.69) is 36.0 Å². The molecule has 13 heavy (non-hydrogen) atoms. The van der Waals surface area contributed by atoms with E-state index in [0.717, 1.165) is 5.25 Å². The first-order valence-electron chi connectivity index (χ1n) is 4.80. The monoisotopic (exact) mass is 193 g/mol. The minimum absolute atomic E-state index is 0.651. The molecule has 0 radical (unpaired) electrons. The molecule has 2 heteroatoms. The Labute approximate surface area is 83.7 Å². The molecule has 0 aliphatic carbocycles. The molecule has 1 atom stereocenters. The number of rotatable bonds is 2. The Morgan fingerprint density at radius 2 is 2.08 bits per heavy atom. The van der Waals surface area contributed by atoms with Crippen molar-refractivity contribution < 1.29 is 0 Å². The number of thioether (sulfide) groups is 1. The first-order valence-corrected chi connectivity index (χ1v) is 5.85. The number of nitrogens with two attached hydrogens (primary N) is 1. The predicted octanol–water partition coefficient (Wildman–Crippen LogP) is 2.71. The Morgan fingerprint density at radius 1 is 1.31 bits per heavy atom. The van der Waals surface area contributed by atoms with Crippen molar-refractivity contribution in [2.75, 3.05) is 5.75 Å². The van der Waals surface area contributed by atoms with E-state index in [1.807, 2.05) is 0 Å². The van der Waals surface area contributed by atoms with E-state index in [1.165, 1.54) is 29.7 Å². The van der Waals surface area contributed by atoms with Crippen LogP contribution in [-0.2, 0) is 6.54 Å². The zero-order chi connectivity index (χ0) is 9.10. The van der Waals surface area contributed by atoms with E-state index in [4.69, 9.17) is 5.73 Å². The minimum atomic E-state index is 0.651. The van der Waals surface area contributed by atoms with Crippen LogP contribution in [0.15, 0.2) is 24.3 Å². The molecule has 1 aliphatic rings. The fourth-order valence-electron chi connectivity index (χ4n) is 1.71. The Kier molecular flexibility index (Phi) is 2.91. The van der Waals surface area contributed by atoms with Crippen LogP contribution >= 0.6 is 11.8 Å². The van der Waals surface area contributed by atoms with Gasteiger partial charge in [0.05, 0.1) is 0 Å². The molecule has 0 bridgehead atoms. The van der Waals surface area contributed by atoms with Crippen molar-refractivity contribution in [3.8, 4) is 0 Å². The summed E-state index contributed by atoms with van der Waals surface area (Å²) in [7, 11) is 0. The average molecular weight is 193 g/mol. The van der Waals surface area contributed by atoms with Gasteiger partial charge in [0.25, 0.3) is 0 Å². The quantitative estimate of drug-likeness (QED) is 0.781. The van der Waals surface area contributed by atoms with Crippen molar-refractivity contribution in [1.82, 2.24) is 0 Å². The van der Waals surface area contributed by atoms with Gasteiger partial charge in [0.15, 0.2) is 0 Å². The first kappa shape index (κ1) is 9.10. The van der Waals surface area contributed by atoms with Gasteiger partial charge in [-0.15, -0.1) is 0 Å². The van der Waals surface area contributed by atoms with Gasteiger partial charge < -0.3 is 5.73 Å². The Hall–Kier alpha value is -0.470. The van der Waals surface area contributed by atoms with Crippen molar-refractivity contribution in [3.05, 3.63) is 35.4 Å². The van der Waals surface area contributed by atoms with Gasteiger partial charge >= 0.3 is 0 Å². The zero-order valence-corrected chi connectivity index (χ0v) is 8.52. The van der Waals surface area contributed by atoms with Crippen LogP contribution in [0.1, 0.15) is 29.2 Å². The van der Waals surface area contributed by atoms with Crippen LogP contribution in [-0.4, -0.2) is 5.75 Å². The number of benzene rings is 1. The third-order valence-electron chi connectivity index (χ3n) is 2.52. The van der Waals surface area contributed by atoms with E-state index < -0.39 is 0 Å².